The summed E-state index contributed by atoms with van der Waals surface area (Å²) in [5.74, 6) is 0.0315. The van der Waals surface area contributed by atoms with E-state index in [4.69, 9.17) is 9.47 Å². The minimum Gasteiger partial charge on any atom is -0.479 e. The second kappa shape index (κ2) is 8.89. The number of esters is 1. The van der Waals surface area contributed by atoms with Gasteiger partial charge in [-0.3, -0.25) is 4.79 Å². The molecule has 1 aromatic carbocycles. The van der Waals surface area contributed by atoms with Crippen LogP contribution in [0.3, 0.4) is 0 Å². The number of benzene rings is 1. The van der Waals surface area contributed by atoms with Gasteiger partial charge in [-0.1, -0.05) is 25.1 Å². The molecule has 0 saturated carbocycles. The smallest absolute Gasteiger partial charge is 0.347 e. The summed E-state index contributed by atoms with van der Waals surface area (Å²) in [6, 6.07) is 11.1. The molecule has 6 nitrogen and oxygen atoms in total. The van der Waals surface area contributed by atoms with E-state index in [2.05, 4.69) is 18.3 Å². The summed E-state index contributed by atoms with van der Waals surface area (Å²) in [5.41, 5.74) is 1.58. The second-order valence-electron chi connectivity index (χ2n) is 6.90. The Morgan fingerprint density at radius 3 is 2.82 bits per heavy atom. The zero-order valence-electron chi connectivity index (χ0n) is 15.9. The van der Waals surface area contributed by atoms with Crippen molar-refractivity contribution in [2.45, 2.75) is 39.2 Å². The Bertz CT molecular complexity index is 901. The molecular formula is C21H22N2O4S. The third-order valence-corrected chi connectivity index (χ3v) is 5.78. The number of anilines is 1. The van der Waals surface area contributed by atoms with Crippen molar-refractivity contribution >= 4 is 28.2 Å². The fraction of sp³-hybridized carbons (Fsp3) is 0.381. The van der Waals surface area contributed by atoms with Crippen LogP contribution >= 0.6 is 11.3 Å². The average Bonchev–Trinajstić information content (AvgIpc) is 3.02. The number of carbonyl (C=O) groups is 2. The predicted octanol–water partition coefficient (Wildman–Crippen LogP) is 3.69. The van der Waals surface area contributed by atoms with Gasteiger partial charge < -0.3 is 14.8 Å². The van der Waals surface area contributed by atoms with Crippen LogP contribution in [0.25, 0.3) is 0 Å². The quantitative estimate of drug-likeness (QED) is 0.750. The van der Waals surface area contributed by atoms with Gasteiger partial charge in [-0.05, 0) is 49.8 Å². The number of ether oxygens (including phenoxy) is 2. The molecule has 1 N–H and O–H groups in total. The van der Waals surface area contributed by atoms with Gasteiger partial charge in [0.15, 0.2) is 12.7 Å². The summed E-state index contributed by atoms with van der Waals surface area (Å²) >= 11 is 1.44. The number of hydrogen-bond acceptors (Lipinski definition) is 6. The third kappa shape index (κ3) is 4.70. The van der Waals surface area contributed by atoms with Gasteiger partial charge in [0.2, 0.25) is 0 Å². The lowest BCUT2D eigenvalue weighted by Crippen LogP contribution is -2.29. The van der Waals surface area contributed by atoms with Gasteiger partial charge in [0.1, 0.15) is 16.8 Å². The Labute approximate surface area is 168 Å². The minimum atomic E-state index is -0.833. The highest BCUT2D eigenvalue weighted by Crippen LogP contribution is 2.39. The number of fused-ring (bicyclic) bond motifs is 1. The van der Waals surface area contributed by atoms with Crippen LogP contribution in [0.2, 0.25) is 0 Å². The van der Waals surface area contributed by atoms with Crippen molar-refractivity contribution in [1.29, 1.82) is 5.26 Å². The number of nitrogens with one attached hydrogen (secondary N) is 1. The van der Waals surface area contributed by atoms with Gasteiger partial charge in [-0.15, -0.1) is 11.3 Å². The predicted molar refractivity (Wildman–Crippen MR) is 106 cm³/mol. The molecule has 0 fully saturated rings. The van der Waals surface area contributed by atoms with E-state index in [9.17, 15) is 14.9 Å². The van der Waals surface area contributed by atoms with E-state index in [1.54, 1.807) is 31.2 Å². The number of nitrogens with zero attached hydrogens (tertiary/aromatic N) is 1. The van der Waals surface area contributed by atoms with Crippen molar-refractivity contribution in [1.82, 2.24) is 0 Å². The first kappa shape index (κ1) is 19.9. The van der Waals surface area contributed by atoms with Gasteiger partial charge in [-0.2, -0.15) is 5.26 Å². The van der Waals surface area contributed by atoms with E-state index >= 15 is 0 Å². The first-order chi connectivity index (χ1) is 13.5. The Hall–Kier alpha value is -2.85. The van der Waals surface area contributed by atoms with Crippen molar-refractivity contribution < 1.29 is 19.1 Å². The van der Waals surface area contributed by atoms with Gasteiger partial charge in [0.25, 0.3) is 5.91 Å². The molecule has 7 heteroatoms. The molecule has 2 atom stereocenters. The standard InChI is InChI=1S/C21H22N2O4S/c1-13-8-9-16-17(11-22)20(28-18(16)10-13)23-19(24)12-26-21(25)14(2)27-15-6-4-3-5-7-15/h3-7,13-14H,8-10,12H2,1-2H3,(H,23,24)/t13-,14+/m0/s1. The molecule has 2 aromatic rings. The maximum absolute atomic E-state index is 12.2. The van der Waals surface area contributed by atoms with Crippen LogP contribution in [0.4, 0.5) is 5.00 Å². The summed E-state index contributed by atoms with van der Waals surface area (Å²) in [6.45, 7) is 3.33. The largest absolute Gasteiger partial charge is 0.479 e. The van der Waals surface area contributed by atoms with Crippen LogP contribution < -0.4 is 10.1 Å². The second-order valence-corrected chi connectivity index (χ2v) is 8.00. The Morgan fingerprint density at radius 2 is 2.11 bits per heavy atom. The number of para-hydroxylation sites is 1. The summed E-state index contributed by atoms with van der Waals surface area (Å²) in [4.78, 5) is 25.4. The first-order valence-corrected chi connectivity index (χ1v) is 10.0. The molecule has 1 heterocycles. The molecule has 0 saturated heterocycles. The highest BCUT2D eigenvalue weighted by molar-refractivity contribution is 7.16. The van der Waals surface area contributed by atoms with Crippen molar-refractivity contribution in [3.8, 4) is 11.8 Å². The lowest BCUT2D eigenvalue weighted by Gasteiger charge is -2.17. The van der Waals surface area contributed by atoms with Gasteiger partial charge >= 0.3 is 5.97 Å². The molecule has 0 spiro atoms. The van der Waals surface area contributed by atoms with Gasteiger partial charge in [0.05, 0.1) is 5.56 Å². The molecule has 1 aliphatic rings. The fourth-order valence-corrected chi connectivity index (χ4v) is 4.50. The molecule has 3 rings (SSSR count). The van der Waals surface area contributed by atoms with Crippen molar-refractivity contribution in [2.75, 3.05) is 11.9 Å². The van der Waals surface area contributed by atoms with E-state index in [1.807, 2.05) is 6.07 Å². The fourth-order valence-electron chi connectivity index (χ4n) is 3.13. The van der Waals surface area contributed by atoms with E-state index in [-0.39, 0.29) is 0 Å². The Balaban J connectivity index is 1.55. The lowest BCUT2D eigenvalue weighted by atomic mass is 9.89. The van der Waals surface area contributed by atoms with E-state index < -0.39 is 24.6 Å². The zero-order valence-corrected chi connectivity index (χ0v) is 16.7. The Morgan fingerprint density at radius 1 is 1.36 bits per heavy atom. The number of carbonyl (C=O) groups excluding carboxylic acids is 2. The molecule has 0 bridgehead atoms. The maximum Gasteiger partial charge on any atom is 0.347 e. The van der Waals surface area contributed by atoms with Crippen molar-refractivity contribution in [3.63, 3.8) is 0 Å². The summed E-state index contributed by atoms with van der Waals surface area (Å²) in [7, 11) is 0. The molecule has 0 aliphatic heterocycles. The number of rotatable bonds is 6. The van der Waals surface area contributed by atoms with Gasteiger partial charge in [-0.25, -0.2) is 4.79 Å². The average molecular weight is 398 g/mol. The number of hydrogen-bond donors (Lipinski definition) is 1. The first-order valence-electron chi connectivity index (χ1n) is 9.20. The molecule has 1 amide bonds. The third-order valence-electron chi connectivity index (χ3n) is 4.61. The topological polar surface area (TPSA) is 88.4 Å². The van der Waals surface area contributed by atoms with E-state index in [0.29, 0.717) is 22.2 Å². The molecule has 0 unspecified atom stereocenters. The number of nitriles is 1. The van der Waals surface area contributed by atoms with Gasteiger partial charge in [0, 0.05) is 4.88 Å². The zero-order chi connectivity index (χ0) is 20.1. The SMILES string of the molecule is C[C@H]1CCc2c(sc(NC(=O)COC(=O)[C@@H](C)Oc3ccccc3)c2C#N)C1. The monoisotopic (exact) mass is 398 g/mol. The summed E-state index contributed by atoms with van der Waals surface area (Å²) < 4.78 is 10.5. The maximum atomic E-state index is 12.2. The summed E-state index contributed by atoms with van der Waals surface area (Å²) in [5, 5.41) is 12.7. The van der Waals surface area contributed by atoms with Crippen LogP contribution in [-0.2, 0) is 27.2 Å². The van der Waals surface area contributed by atoms with Crippen LogP contribution in [-0.4, -0.2) is 24.6 Å². The van der Waals surface area contributed by atoms with Crippen LogP contribution in [0.5, 0.6) is 5.75 Å². The molecule has 146 valence electrons. The molecule has 28 heavy (non-hydrogen) atoms. The number of amides is 1. The highest BCUT2D eigenvalue weighted by Gasteiger charge is 2.25. The van der Waals surface area contributed by atoms with Crippen molar-refractivity contribution in [2.24, 2.45) is 5.92 Å². The van der Waals surface area contributed by atoms with Crippen molar-refractivity contribution in [3.05, 3.63) is 46.3 Å². The van der Waals surface area contributed by atoms with Crippen LogP contribution in [0.1, 0.15) is 36.3 Å². The molecule has 0 radical (unpaired) electrons. The molecule has 1 aliphatic carbocycles. The number of thiophene rings is 1. The highest BCUT2D eigenvalue weighted by atomic mass is 32.1. The molecular weight excluding hydrogens is 376 g/mol. The van der Waals surface area contributed by atoms with E-state index in [1.165, 1.54) is 11.3 Å². The van der Waals surface area contributed by atoms with E-state index in [0.717, 1.165) is 29.7 Å². The minimum absolute atomic E-state index is 0.425. The normalized spacial score (nSPS) is 16.4. The Kier molecular flexibility index (Phi) is 6.32. The van der Waals surface area contributed by atoms with Crippen LogP contribution in [0.15, 0.2) is 30.3 Å². The van der Waals surface area contributed by atoms with Crippen LogP contribution in [0, 0.1) is 17.2 Å². The molecule has 1 aromatic heterocycles. The summed E-state index contributed by atoms with van der Waals surface area (Å²) in [6.07, 6.45) is 1.99. The lowest BCUT2D eigenvalue weighted by molar-refractivity contribution is -0.153.